The third-order valence-corrected chi connectivity index (χ3v) is 5.32. The zero-order chi connectivity index (χ0) is 16.6. The Bertz CT molecular complexity index is 557. The molecule has 1 aliphatic carbocycles. The number of benzene rings is 1. The Hall–Kier alpha value is -0.773. The molecular formula is C18H27ClO2Si. The molecule has 4 heteroatoms. The standard InChI is InChI=1S/C18H27ClO2Si/c1-17(2)10-11-18(20,14-6-8-16(19)9-7-14)15(12-17)13-21-22(3,4)5/h6-9,13,20H,10-12H2,1-5H3/b15-13+. The molecule has 0 aromatic heterocycles. The van der Waals surface area contributed by atoms with Crippen molar-refractivity contribution in [2.45, 2.75) is 58.4 Å². The smallest absolute Gasteiger partial charge is 0.241 e. The predicted molar refractivity (Wildman–Crippen MR) is 95.5 cm³/mol. The van der Waals surface area contributed by atoms with E-state index in [0.29, 0.717) is 11.4 Å². The Balaban J connectivity index is 2.39. The predicted octanol–water partition coefficient (Wildman–Crippen LogP) is 5.47. The molecule has 1 fully saturated rings. The molecule has 0 bridgehead atoms. The van der Waals surface area contributed by atoms with Gasteiger partial charge in [0.25, 0.3) is 0 Å². The molecule has 2 nitrogen and oxygen atoms in total. The van der Waals surface area contributed by atoms with Gasteiger partial charge in [-0.2, -0.15) is 0 Å². The Kier molecular flexibility index (Phi) is 4.81. The van der Waals surface area contributed by atoms with Gasteiger partial charge in [0, 0.05) is 5.02 Å². The van der Waals surface area contributed by atoms with Crippen LogP contribution < -0.4 is 0 Å². The molecule has 1 saturated carbocycles. The van der Waals surface area contributed by atoms with Crippen LogP contribution in [0, 0.1) is 5.41 Å². The number of aliphatic hydroxyl groups is 1. The largest absolute Gasteiger partial charge is 0.550 e. The first-order valence-electron chi connectivity index (χ1n) is 7.88. The summed E-state index contributed by atoms with van der Waals surface area (Å²) in [6, 6.07) is 7.52. The second-order valence-corrected chi connectivity index (χ2v) is 13.0. The van der Waals surface area contributed by atoms with Crippen LogP contribution in [0.4, 0.5) is 0 Å². The van der Waals surface area contributed by atoms with E-state index >= 15 is 0 Å². The minimum atomic E-state index is -1.67. The van der Waals surface area contributed by atoms with E-state index in [2.05, 4.69) is 33.5 Å². The fourth-order valence-electron chi connectivity index (χ4n) is 2.87. The van der Waals surface area contributed by atoms with Crippen molar-refractivity contribution in [3.63, 3.8) is 0 Å². The lowest BCUT2D eigenvalue weighted by atomic mass is 9.66. The van der Waals surface area contributed by atoms with Crippen molar-refractivity contribution in [3.8, 4) is 0 Å². The minimum absolute atomic E-state index is 0.188. The zero-order valence-corrected chi connectivity index (χ0v) is 16.0. The molecule has 0 amide bonds. The van der Waals surface area contributed by atoms with Crippen LogP contribution in [0.2, 0.25) is 24.7 Å². The van der Waals surface area contributed by atoms with Gasteiger partial charge in [0.2, 0.25) is 8.32 Å². The topological polar surface area (TPSA) is 29.5 Å². The van der Waals surface area contributed by atoms with Crippen molar-refractivity contribution < 1.29 is 9.53 Å². The molecule has 1 N–H and O–H groups in total. The third-order valence-electron chi connectivity index (χ3n) is 4.24. The molecule has 0 heterocycles. The van der Waals surface area contributed by atoms with Crippen molar-refractivity contribution in [2.75, 3.05) is 0 Å². The summed E-state index contributed by atoms with van der Waals surface area (Å²) in [7, 11) is -1.67. The first-order valence-corrected chi connectivity index (χ1v) is 11.7. The fraction of sp³-hybridized carbons (Fsp3) is 0.556. The lowest BCUT2D eigenvalue weighted by Gasteiger charge is -2.43. The molecule has 0 radical (unpaired) electrons. The molecular weight excluding hydrogens is 312 g/mol. The summed E-state index contributed by atoms with van der Waals surface area (Å²) in [6.07, 6.45) is 4.37. The maximum atomic E-state index is 11.3. The second kappa shape index (κ2) is 6.03. The highest BCUT2D eigenvalue weighted by atomic mass is 35.5. The molecule has 22 heavy (non-hydrogen) atoms. The molecule has 2 rings (SSSR count). The molecule has 122 valence electrons. The second-order valence-electron chi connectivity index (χ2n) is 8.08. The van der Waals surface area contributed by atoms with E-state index in [1.54, 1.807) is 0 Å². The normalized spacial score (nSPS) is 27.0. The molecule has 1 aromatic rings. The Morgan fingerprint density at radius 2 is 1.73 bits per heavy atom. The number of rotatable bonds is 3. The first-order chi connectivity index (χ1) is 10.0. The molecule has 1 unspecified atom stereocenters. The highest BCUT2D eigenvalue weighted by Gasteiger charge is 2.42. The van der Waals surface area contributed by atoms with Crippen molar-refractivity contribution in [3.05, 3.63) is 46.7 Å². The van der Waals surface area contributed by atoms with Gasteiger partial charge in [-0.05, 0) is 67.6 Å². The summed E-state index contributed by atoms with van der Waals surface area (Å²) < 4.78 is 5.99. The molecule has 0 spiro atoms. The average molecular weight is 339 g/mol. The molecule has 1 aliphatic rings. The molecule has 1 atom stereocenters. The van der Waals surface area contributed by atoms with Gasteiger partial charge in [0.1, 0.15) is 5.60 Å². The van der Waals surface area contributed by atoms with E-state index in [4.69, 9.17) is 16.0 Å². The summed E-state index contributed by atoms with van der Waals surface area (Å²) in [6.45, 7) is 11.0. The van der Waals surface area contributed by atoms with Crippen LogP contribution in [-0.2, 0) is 10.0 Å². The monoisotopic (exact) mass is 338 g/mol. The lowest BCUT2D eigenvalue weighted by Crippen LogP contribution is -2.38. The van der Waals surface area contributed by atoms with Gasteiger partial charge in [0.05, 0.1) is 6.26 Å². The van der Waals surface area contributed by atoms with Crippen LogP contribution >= 0.6 is 11.6 Å². The number of halogens is 1. The molecule has 0 saturated heterocycles. The van der Waals surface area contributed by atoms with E-state index in [1.807, 2.05) is 30.5 Å². The summed E-state index contributed by atoms with van der Waals surface area (Å²) in [4.78, 5) is 0. The van der Waals surface area contributed by atoms with Gasteiger partial charge in [-0.25, -0.2) is 0 Å². The Morgan fingerprint density at radius 3 is 2.27 bits per heavy atom. The molecule has 0 aliphatic heterocycles. The van der Waals surface area contributed by atoms with E-state index in [9.17, 15) is 5.11 Å². The van der Waals surface area contributed by atoms with Gasteiger partial charge in [0.15, 0.2) is 0 Å². The van der Waals surface area contributed by atoms with Crippen LogP contribution in [0.25, 0.3) is 0 Å². The Morgan fingerprint density at radius 1 is 1.14 bits per heavy atom. The van der Waals surface area contributed by atoms with Gasteiger partial charge < -0.3 is 9.53 Å². The van der Waals surface area contributed by atoms with E-state index in [0.717, 1.165) is 24.0 Å². The number of hydrogen-bond donors (Lipinski definition) is 1. The summed E-state index contributed by atoms with van der Waals surface area (Å²) in [5, 5.41) is 12.0. The van der Waals surface area contributed by atoms with E-state index in [-0.39, 0.29) is 5.41 Å². The highest BCUT2D eigenvalue weighted by molar-refractivity contribution is 6.69. The SMILES string of the molecule is CC1(C)CCC(O)(c2ccc(Cl)cc2)/C(=C/O[Si](C)(C)C)C1. The van der Waals surface area contributed by atoms with Crippen molar-refractivity contribution in [1.82, 2.24) is 0 Å². The summed E-state index contributed by atoms with van der Waals surface area (Å²) >= 11 is 5.98. The average Bonchev–Trinajstić information content (AvgIpc) is 2.40. The van der Waals surface area contributed by atoms with Crippen LogP contribution in [-0.4, -0.2) is 13.4 Å². The minimum Gasteiger partial charge on any atom is -0.550 e. The van der Waals surface area contributed by atoms with Gasteiger partial charge in [-0.1, -0.05) is 37.6 Å². The summed E-state index contributed by atoms with van der Waals surface area (Å²) in [5.41, 5.74) is 1.12. The van der Waals surface area contributed by atoms with Crippen molar-refractivity contribution in [2.24, 2.45) is 5.41 Å². The Labute approximate surface area is 140 Å². The van der Waals surface area contributed by atoms with Crippen LogP contribution in [0.3, 0.4) is 0 Å². The maximum Gasteiger partial charge on any atom is 0.241 e. The number of hydrogen-bond acceptors (Lipinski definition) is 2. The summed E-state index contributed by atoms with van der Waals surface area (Å²) in [5.74, 6) is 0. The van der Waals surface area contributed by atoms with Gasteiger partial charge in [-0.3, -0.25) is 0 Å². The van der Waals surface area contributed by atoms with Crippen molar-refractivity contribution >= 4 is 19.9 Å². The van der Waals surface area contributed by atoms with Crippen LogP contribution in [0.15, 0.2) is 36.1 Å². The van der Waals surface area contributed by atoms with Crippen LogP contribution in [0.1, 0.15) is 38.7 Å². The van der Waals surface area contributed by atoms with E-state index < -0.39 is 13.9 Å². The highest BCUT2D eigenvalue weighted by Crippen LogP contribution is 2.48. The lowest BCUT2D eigenvalue weighted by molar-refractivity contribution is 0.0184. The third kappa shape index (κ3) is 4.15. The quantitative estimate of drug-likeness (QED) is 0.584. The zero-order valence-electron chi connectivity index (χ0n) is 14.2. The fourth-order valence-corrected chi connectivity index (χ4v) is 3.49. The van der Waals surface area contributed by atoms with Gasteiger partial charge >= 0.3 is 0 Å². The van der Waals surface area contributed by atoms with Crippen molar-refractivity contribution in [1.29, 1.82) is 0 Å². The molecule has 1 aromatic carbocycles. The first kappa shape index (κ1) is 17.6. The van der Waals surface area contributed by atoms with Crippen LogP contribution in [0.5, 0.6) is 0 Å². The van der Waals surface area contributed by atoms with Gasteiger partial charge in [-0.15, -0.1) is 0 Å². The maximum absolute atomic E-state index is 11.3. The van der Waals surface area contributed by atoms with E-state index in [1.165, 1.54) is 0 Å².